The number of nitrogens with zero attached hydrogens (tertiary/aromatic N) is 1. The molecule has 0 bridgehead atoms. The number of hydrogen-bond acceptors (Lipinski definition) is 9. The number of amides is 1. The highest BCUT2D eigenvalue weighted by atomic mass is 32.2. The Morgan fingerprint density at radius 2 is 1.62 bits per heavy atom. The molecule has 12 heteroatoms. The van der Waals surface area contributed by atoms with Crippen LogP contribution >= 0.6 is 0 Å². The van der Waals surface area contributed by atoms with Gasteiger partial charge in [0.25, 0.3) is 10.1 Å². The lowest BCUT2D eigenvalue weighted by molar-refractivity contribution is -0.140. The Morgan fingerprint density at radius 3 is 2.18 bits per heavy atom. The van der Waals surface area contributed by atoms with E-state index in [1.807, 2.05) is 0 Å². The summed E-state index contributed by atoms with van der Waals surface area (Å²) in [5.74, 6) is -2.01. The summed E-state index contributed by atoms with van der Waals surface area (Å²) in [6.45, 7) is 0.823. The molecule has 0 spiro atoms. The zero-order chi connectivity index (χ0) is 25.0. The van der Waals surface area contributed by atoms with Gasteiger partial charge in [0.2, 0.25) is 5.91 Å². The summed E-state index contributed by atoms with van der Waals surface area (Å²) in [6, 6.07) is 10.7. The Balaban J connectivity index is 2.14. The van der Waals surface area contributed by atoms with Crippen LogP contribution in [0.3, 0.4) is 0 Å². The molecule has 0 saturated carbocycles. The molecule has 1 heterocycles. The number of hydrogen-bond donors (Lipinski definition) is 2. The van der Waals surface area contributed by atoms with Crippen LogP contribution in [0.15, 0.2) is 58.6 Å². The first-order valence-corrected chi connectivity index (χ1v) is 11.3. The third-order valence-corrected chi connectivity index (χ3v) is 5.78. The van der Waals surface area contributed by atoms with Gasteiger partial charge in [-0.25, -0.2) is 9.59 Å². The SMILES string of the molecule is COC(=O)C1=C(C(=O)OC)N(c2ccc(-c3ccc(NC(C)=O)cc3)cc2S(=O)(=O)O)COC1. The summed E-state index contributed by atoms with van der Waals surface area (Å²) in [5.41, 5.74) is 1.04. The fourth-order valence-corrected chi connectivity index (χ4v) is 4.12. The minimum atomic E-state index is -4.78. The second kappa shape index (κ2) is 10.0. The van der Waals surface area contributed by atoms with Gasteiger partial charge in [-0.3, -0.25) is 9.35 Å². The van der Waals surface area contributed by atoms with E-state index in [9.17, 15) is 27.4 Å². The molecule has 1 aliphatic rings. The second-order valence-corrected chi connectivity index (χ2v) is 8.52. The van der Waals surface area contributed by atoms with Crippen LogP contribution in [0.4, 0.5) is 11.4 Å². The Bertz CT molecular complexity index is 1270. The molecule has 0 aliphatic carbocycles. The van der Waals surface area contributed by atoms with Crippen LogP contribution in [0.2, 0.25) is 0 Å². The van der Waals surface area contributed by atoms with Gasteiger partial charge in [0.05, 0.1) is 32.1 Å². The molecular weight excluding hydrogens is 468 g/mol. The van der Waals surface area contributed by atoms with E-state index in [-0.39, 0.29) is 36.2 Å². The van der Waals surface area contributed by atoms with Crippen LogP contribution in [-0.2, 0) is 38.7 Å². The van der Waals surface area contributed by atoms with E-state index in [1.165, 1.54) is 19.1 Å². The van der Waals surface area contributed by atoms with E-state index < -0.39 is 27.0 Å². The molecule has 0 unspecified atom stereocenters. The average molecular weight is 490 g/mol. The van der Waals surface area contributed by atoms with Crippen molar-refractivity contribution in [3.8, 4) is 11.1 Å². The fraction of sp³-hybridized carbons (Fsp3) is 0.227. The number of rotatable bonds is 6. The van der Waals surface area contributed by atoms with Gasteiger partial charge in [0.15, 0.2) is 0 Å². The normalized spacial score (nSPS) is 13.9. The molecule has 3 rings (SSSR count). The zero-order valence-corrected chi connectivity index (χ0v) is 19.3. The van der Waals surface area contributed by atoms with Crippen LogP contribution in [0.1, 0.15) is 6.92 Å². The maximum absolute atomic E-state index is 12.5. The van der Waals surface area contributed by atoms with Gasteiger partial charge in [-0.05, 0) is 35.4 Å². The van der Waals surface area contributed by atoms with Crippen molar-refractivity contribution in [3.63, 3.8) is 0 Å². The van der Waals surface area contributed by atoms with Crippen molar-refractivity contribution >= 4 is 39.3 Å². The highest BCUT2D eigenvalue weighted by molar-refractivity contribution is 7.86. The first kappa shape index (κ1) is 24.9. The predicted molar refractivity (Wildman–Crippen MR) is 120 cm³/mol. The standard InChI is InChI=1S/C22H22N2O9S/c1-13(25)23-16-7-4-14(5-8-16)15-6-9-18(19(10-15)34(28,29)30)24-12-33-11-17(21(26)31-2)20(24)22(27)32-3/h4-10H,11-12H2,1-3H3,(H,23,25)(H,28,29,30). The van der Waals surface area contributed by atoms with E-state index >= 15 is 0 Å². The summed E-state index contributed by atoms with van der Waals surface area (Å²) >= 11 is 0. The number of benzene rings is 2. The van der Waals surface area contributed by atoms with Crippen LogP contribution in [0.25, 0.3) is 11.1 Å². The van der Waals surface area contributed by atoms with Crippen molar-refractivity contribution in [1.29, 1.82) is 0 Å². The average Bonchev–Trinajstić information content (AvgIpc) is 2.81. The summed E-state index contributed by atoms with van der Waals surface area (Å²) in [6.07, 6.45) is 0. The molecule has 0 aromatic heterocycles. The smallest absolute Gasteiger partial charge is 0.355 e. The van der Waals surface area contributed by atoms with Crippen molar-refractivity contribution in [3.05, 3.63) is 53.7 Å². The number of carbonyl (C=O) groups is 3. The number of ether oxygens (including phenoxy) is 3. The zero-order valence-electron chi connectivity index (χ0n) is 18.5. The molecule has 2 aromatic rings. The third kappa shape index (κ3) is 5.25. The second-order valence-electron chi connectivity index (χ2n) is 7.13. The van der Waals surface area contributed by atoms with Crippen molar-refractivity contribution in [2.45, 2.75) is 11.8 Å². The quantitative estimate of drug-likeness (QED) is 0.454. The summed E-state index contributed by atoms with van der Waals surface area (Å²) in [5, 5.41) is 2.63. The highest BCUT2D eigenvalue weighted by Gasteiger charge is 2.35. The first-order valence-electron chi connectivity index (χ1n) is 9.81. The van der Waals surface area contributed by atoms with Crippen LogP contribution in [0, 0.1) is 0 Å². The lowest BCUT2D eigenvalue weighted by Crippen LogP contribution is -2.39. The maximum Gasteiger partial charge on any atom is 0.355 e. The fourth-order valence-electron chi connectivity index (χ4n) is 3.41. The summed E-state index contributed by atoms with van der Waals surface area (Å²) < 4.78 is 49.4. The highest BCUT2D eigenvalue weighted by Crippen LogP contribution is 2.35. The van der Waals surface area contributed by atoms with Crippen molar-refractivity contribution < 1.29 is 41.6 Å². The topological polar surface area (TPSA) is 149 Å². The Kier molecular flexibility index (Phi) is 7.35. The van der Waals surface area contributed by atoms with Crippen LogP contribution < -0.4 is 10.2 Å². The lowest BCUT2D eigenvalue weighted by atomic mass is 10.0. The Labute approximate surface area is 195 Å². The molecule has 1 aliphatic heterocycles. The van der Waals surface area contributed by atoms with Gasteiger partial charge in [-0.2, -0.15) is 8.42 Å². The molecule has 2 aromatic carbocycles. The van der Waals surface area contributed by atoms with E-state index in [1.54, 1.807) is 30.3 Å². The number of carbonyl (C=O) groups excluding carboxylic acids is 3. The van der Waals surface area contributed by atoms with Crippen molar-refractivity contribution in [1.82, 2.24) is 0 Å². The van der Waals surface area contributed by atoms with Gasteiger partial charge in [0, 0.05) is 12.6 Å². The monoisotopic (exact) mass is 490 g/mol. The van der Waals surface area contributed by atoms with E-state index in [2.05, 4.69) is 5.32 Å². The molecule has 0 saturated heterocycles. The molecular formula is C22H22N2O9S. The van der Waals surface area contributed by atoms with Gasteiger partial charge in [0.1, 0.15) is 17.3 Å². The number of nitrogens with one attached hydrogen (secondary N) is 1. The molecule has 2 N–H and O–H groups in total. The molecule has 1 amide bonds. The van der Waals surface area contributed by atoms with Crippen LogP contribution in [-0.4, -0.2) is 58.4 Å². The number of esters is 2. The van der Waals surface area contributed by atoms with E-state index in [0.717, 1.165) is 19.1 Å². The van der Waals surface area contributed by atoms with Gasteiger partial charge in [-0.1, -0.05) is 18.2 Å². The maximum atomic E-state index is 12.5. The Morgan fingerprint density at radius 1 is 1.00 bits per heavy atom. The molecule has 0 atom stereocenters. The largest absolute Gasteiger partial charge is 0.466 e. The lowest BCUT2D eigenvalue weighted by Gasteiger charge is -2.32. The van der Waals surface area contributed by atoms with E-state index in [0.29, 0.717) is 16.8 Å². The molecule has 180 valence electrons. The minimum Gasteiger partial charge on any atom is -0.466 e. The van der Waals surface area contributed by atoms with Crippen LogP contribution in [0.5, 0.6) is 0 Å². The molecule has 11 nitrogen and oxygen atoms in total. The van der Waals surface area contributed by atoms with E-state index in [4.69, 9.17) is 14.2 Å². The first-order chi connectivity index (χ1) is 16.1. The van der Waals surface area contributed by atoms with Crippen molar-refractivity contribution in [2.75, 3.05) is 37.8 Å². The molecule has 0 fully saturated rings. The predicted octanol–water partition coefficient (Wildman–Crippen LogP) is 1.95. The van der Waals surface area contributed by atoms with Gasteiger partial charge in [-0.15, -0.1) is 0 Å². The Hall–Kier alpha value is -3.74. The molecule has 34 heavy (non-hydrogen) atoms. The third-order valence-electron chi connectivity index (χ3n) is 4.90. The number of methoxy groups -OCH3 is 2. The van der Waals surface area contributed by atoms with Gasteiger partial charge < -0.3 is 24.4 Å². The van der Waals surface area contributed by atoms with Gasteiger partial charge >= 0.3 is 11.9 Å². The molecule has 0 radical (unpaired) electrons. The summed E-state index contributed by atoms with van der Waals surface area (Å²) in [4.78, 5) is 36.5. The van der Waals surface area contributed by atoms with Crippen molar-refractivity contribution in [2.24, 2.45) is 0 Å². The minimum absolute atomic E-state index is 0.109. The summed E-state index contributed by atoms with van der Waals surface area (Å²) in [7, 11) is -2.55. The number of anilines is 2.